The van der Waals surface area contributed by atoms with Crippen molar-refractivity contribution >= 4 is 17.7 Å². The van der Waals surface area contributed by atoms with Gasteiger partial charge in [-0.05, 0) is 85.6 Å². The maximum atomic E-state index is 12.6. The van der Waals surface area contributed by atoms with Crippen molar-refractivity contribution in [2.45, 2.75) is 20.5 Å². The molecule has 0 saturated carbocycles. The zero-order chi connectivity index (χ0) is 24.8. The van der Waals surface area contributed by atoms with E-state index in [0.717, 1.165) is 34.0 Å². The summed E-state index contributed by atoms with van der Waals surface area (Å²) in [6.07, 6.45) is 1.59. The lowest BCUT2D eigenvalue weighted by Gasteiger charge is -2.11. The number of aryl methyl sites for hydroxylation is 1. The molecule has 0 atom stereocenters. The Labute approximate surface area is 204 Å². The monoisotopic (exact) mass is 463 g/mol. The molecule has 1 heterocycles. The molecule has 0 unspecified atom stereocenters. The Balaban J connectivity index is 1.51. The van der Waals surface area contributed by atoms with Crippen LogP contribution in [0.25, 0.3) is 11.8 Å². The zero-order valence-electron chi connectivity index (χ0n) is 19.5. The van der Waals surface area contributed by atoms with Gasteiger partial charge in [0.15, 0.2) is 0 Å². The van der Waals surface area contributed by atoms with E-state index in [1.54, 1.807) is 18.2 Å². The van der Waals surface area contributed by atoms with Crippen LogP contribution >= 0.6 is 0 Å². The van der Waals surface area contributed by atoms with E-state index in [2.05, 4.69) is 9.88 Å². The van der Waals surface area contributed by atoms with E-state index < -0.39 is 5.91 Å². The van der Waals surface area contributed by atoms with Crippen LogP contribution in [0.2, 0.25) is 0 Å². The lowest BCUT2D eigenvalue weighted by atomic mass is 10.1. The van der Waals surface area contributed by atoms with Crippen molar-refractivity contribution in [3.8, 4) is 23.3 Å². The van der Waals surface area contributed by atoms with Gasteiger partial charge >= 0.3 is 0 Å². The van der Waals surface area contributed by atoms with Gasteiger partial charge in [-0.2, -0.15) is 5.26 Å². The highest BCUT2D eigenvalue weighted by atomic mass is 16.5. The number of benzene rings is 3. The molecule has 0 aliphatic carbocycles. The molecule has 0 spiro atoms. The van der Waals surface area contributed by atoms with Gasteiger partial charge in [0.1, 0.15) is 29.7 Å². The number of aromatic hydroxyl groups is 1. The molecule has 0 aliphatic rings. The molecule has 1 aromatic heterocycles. The summed E-state index contributed by atoms with van der Waals surface area (Å²) in [7, 11) is 0. The first-order valence-corrected chi connectivity index (χ1v) is 11.1. The highest BCUT2D eigenvalue weighted by Gasteiger charge is 2.14. The van der Waals surface area contributed by atoms with Crippen LogP contribution in [0.15, 0.2) is 90.5 Å². The van der Waals surface area contributed by atoms with E-state index in [1.165, 1.54) is 12.1 Å². The lowest BCUT2D eigenvalue weighted by Crippen LogP contribution is -2.13. The van der Waals surface area contributed by atoms with Gasteiger partial charge in [0, 0.05) is 22.8 Å². The molecule has 0 fully saturated rings. The molecule has 6 heteroatoms. The summed E-state index contributed by atoms with van der Waals surface area (Å²) >= 11 is 0. The molecule has 0 bridgehead atoms. The Morgan fingerprint density at radius 3 is 2.37 bits per heavy atom. The molecule has 4 aromatic rings. The van der Waals surface area contributed by atoms with E-state index in [9.17, 15) is 15.2 Å². The molecule has 4 rings (SSSR count). The summed E-state index contributed by atoms with van der Waals surface area (Å²) in [5.74, 6) is 0.364. The molecular formula is C29H25N3O3. The Bertz CT molecular complexity index is 1390. The van der Waals surface area contributed by atoms with Crippen LogP contribution in [0, 0.1) is 25.2 Å². The fraction of sp³-hybridized carbons (Fsp3) is 0.103. The number of rotatable bonds is 7. The van der Waals surface area contributed by atoms with E-state index in [1.807, 2.05) is 80.6 Å². The van der Waals surface area contributed by atoms with Gasteiger partial charge < -0.3 is 19.7 Å². The Morgan fingerprint density at radius 2 is 1.71 bits per heavy atom. The number of anilines is 1. The number of carbonyl (C=O) groups is 1. The van der Waals surface area contributed by atoms with Crippen molar-refractivity contribution < 1.29 is 14.6 Å². The summed E-state index contributed by atoms with van der Waals surface area (Å²) in [4.78, 5) is 12.6. The molecule has 0 aliphatic heterocycles. The fourth-order valence-electron chi connectivity index (χ4n) is 3.81. The van der Waals surface area contributed by atoms with Gasteiger partial charge in [0.05, 0.1) is 0 Å². The van der Waals surface area contributed by atoms with Crippen LogP contribution in [0.3, 0.4) is 0 Å². The second kappa shape index (κ2) is 10.4. The predicted octanol–water partition coefficient (Wildman–Crippen LogP) is 5.92. The zero-order valence-corrected chi connectivity index (χ0v) is 19.5. The van der Waals surface area contributed by atoms with Crippen LogP contribution < -0.4 is 10.1 Å². The largest absolute Gasteiger partial charge is 0.508 e. The van der Waals surface area contributed by atoms with E-state index in [-0.39, 0.29) is 11.3 Å². The number of hydrogen-bond acceptors (Lipinski definition) is 4. The van der Waals surface area contributed by atoms with Crippen LogP contribution in [0.5, 0.6) is 11.5 Å². The molecular weight excluding hydrogens is 438 g/mol. The first-order chi connectivity index (χ1) is 16.9. The SMILES string of the molecule is Cc1cc(C=C(C#N)C(=O)Nc2ccc(O)cc2)c(C)n1-c1ccc(OCc2ccccc2)cc1. The molecule has 3 aromatic carbocycles. The molecule has 0 saturated heterocycles. The number of aromatic nitrogens is 1. The van der Waals surface area contributed by atoms with Gasteiger partial charge in [-0.15, -0.1) is 0 Å². The molecule has 35 heavy (non-hydrogen) atoms. The topological polar surface area (TPSA) is 87.3 Å². The minimum atomic E-state index is -0.511. The van der Waals surface area contributed by atoms with Crippen LogP contribution in [0.1, 0.15) is 22.5 Å². The maximum absolute atomic E-state index is 12.6. The second-order valence-corrected chi connectivity index (χ2v) is 8.10. The van der Waals surface area contributed by atoms with Gasteiger partial charge in [-0.3, -0.25) is 4.79 Å². The number of ether oxygens (including phenoxy) is 1. The Kier molecular flexibility index (Phi) is 6.99. The first-order valence-electron chi connectivity index (χ1n) is 11.1. The predicted molar refractivity (Wildman–Crippen MR) is 136 cm³/mol. The molecule has 2 N–H and O–H groups in total. The third kappa shape index (κ3) is 5.60. The third-order valence-electron chi connectivity index (χ3n) is 5.60. The fourth-order valence-corrected chi connectivity index (χ4v) is 3.81. The van der Waals surface area contributed by atoms with Crippen LogP contribution in [-0.4, -0.2) is 15.6 Å². The number of phenolic OH excluding ortho intramolecular Hbond substituents is 1. The Hall–Kier alpha value is -4.76. The smallest absolute Gasteiger partial charge is 0.266 e. The third-order valence-corrected chi connectivity index (χ3v) is 5.60. The number of nitriles is 1. The van der Waals surface area contributed by atoms with E-state index >= 15 is 0 Å². The van der Waals surface area contributed by atoms with Crippen molar-refractivity contribution in [1.82, 2.24) is 4.57 Å². The van der Waals surface area contributed by atoms with Gasteiger partial charge in [0.2, 0.25) is 0 Å². The van der Waals surface area contributed by atoms with Gasteiger partial charge in [-0.1, -0.05) is 30.3 Å². The molecule has 174 valence electrons. The summed E-state index contributed by atoms with van der Waals surface area (Å²) in [6.45, 7) is 4.43. The average Bonchev–Trinajstić information content (AvgIpc) is 3.16. The minimum absolute atomic E-state index is 0.0111. The highest BCUT2D eigenvalue weighted by Crippen LogP contribution is 2.25. The highest BCUT2D eigenvalue weighted by molar-refractivity contribution is 6.09. The summed E-state index contributed by atoms with van der Waals surface area (Å²) < 4.78 is 7.95. The van der Waals surface area contributed by atoms with Crippen LogP contribution in [-0.2, 0) is 11.4 Å². The van der Waals surface area contributed by atoms with Crippen molar-refractivity contribution in [1.29, 1.82) is 5.26 Å². The van der Waals surface area contributed by atoms with Crippen LogP contribution in [0.4, 0.5) is 5.69 Å². The summed E-state index contributed by atoms with van der Waals surface area (Å²) in [6, 6.07) is 27.8. The summed E-state index contributed by atoms with van der Waals surface area (Å²) in [5.41, 5.74) is 5.21. The lowest BCUT2D eigenvalue weighted by molar-refractivity contribution is -0.112. The van der Waals surface area contributed by atoms with E-state index in [0.29, 0.717) is 12.3 Å². The Morgan fingerprint density at radius 1 is 1.03 bits per heavy atom. The number of nitrogens with zero attached hydrogens (tertiary/aromatic N) is 2. The standard InChI is InChI=1S/C29H25N3O3/c1-20-16-23(17-24(18-30)29(34)31-25-8-12-27(33)13-9-25)21(2)32(20)26-10-14-28(15-11-26)35-19-22-6-4-3-5-7-22/h3-17,33H,19H2,1-2H3,(H,31,34). The van der Waals surface area contributed by atoms with E-state index in [4.69, 9.17) is 4.74 Å². The van der Waals surface area contributed by atoms with Crippen molar-refractivity contribution in [2.75, 3.05) is 5.32 Å². The first kappa shape index (κ1) is 23.4. The van der Waals surface area contributed by atoms with Crippen molar-refractivity contribution in [3.63, 3.8) is 0 Å². The van der Waals surface area contributed by atoms with Gasteiger partial charge in [0.25, 0.3) is 5.91 Å². The van der Waals surface area contributed by atoms with Gasteiger partial charge in [-0.25, -0.2) is 0 Å². The maximum Gasteiger partial charge on any atom is 0.266 e. The average molecular weight is 464 g/mol. The quantitative estimate of drug-likeness (QED) is 0.202. The normalized spacial score (nSPS) is 11.1. The number of nitrogens with one attached hydrogen (secondary N) is 1. The molecule has 0 radical (unpaired) electrons. The number of amides is 1. The molecule has 6 nitrogen and oxygen atoms in total. The molecule has 1 amide bonds. The number of carbonyl (C=O) groups excluding carboxylic acids is 1. The van der Waals surface area contributed by atoms with Crippen molar-refractivity contribution in [3.05, 3.63) is 113 Å². The number of hydrogen-bond donors (Lipinski definition) is 2. The minimum Gasteiger partial charge on any atom is -0.508 e. The second-order valence-electron chi connectivity index (χ2n) is 8.10. The number of phenols is 1. The van der Waals surface area contributed by atoms with Crippen molar-refractivity contribution in [2.24, 2.45) is 0 Å². The summed E-state index contributed by atoms with van der Waals surface area (Å²) in [5, 5.41) is 21.7.